The van der Waals surface area contributed by atoms with Crippen molar-refractivity contribution in [1.29, 1.82) is 0 Å². The number of rotatable bonds is 5. The highest BCUT2D eigenvalue weighted by Crippen LogP contribution is 2.19. The van der Waals surface area contributed by atoms with Gasteiger partial charge in [0, 0.05) is 17.8 Å². The van der Waals surface area contributed by atoms with Crippen LogP contribution in [0.3, 0.4) is 0 Å². The smallest absolute Gasteiger partial charge is 0.319 e. The summed E-state index contributed by atoms with van der Waals surface area (Å²) in [6, 6.07) is 8.70. The molecule has 0 bridgehead atoms. The molecule has 0 atom stereocenters. The maximum atomic E-state index is 12.0. The van der Waals surface area contributed by atoms with Gasteiger partial charge in [0.2, 0.25) is 0 Å². The van der Waals surface area contributed by atoms with Crippen LogP contribution < -0.4 is 16.0 Å². The van der Waals surface area contributed by atoms with E-state index in [1.165, 1.54) is 12.0 Å². The van der Waals surface area contributed by atoms with Crippen LogP contribution in [0.2, 0.25) is 0 Å². The summed E-state index contributed by atoms with van der Waals surface area (Å²) in [5.41, 5.74) is 2.04. The standard InChI is InChI=1S/C17H27N3O/c1-3-12-18-14-8-10-16(11-9-14)20-17(21)19-15-6-4-13(2)5-7-15/h4-7,14,16,18H,3,8-12H2,1-2H3,(H2,19,20,21). The third-order valence-electron chi connectivity index (χ3n) is 4.05. The van der Waals surface area contributed by atoms with E-state index in [0.29, 0.717) is 12.1 Å². The molecule has 1 fully saturated rings. The van der Waals surface area contributed by atoms with Gasteiger partial charge in [-0.25, -0.2) is 4.79 Å². The Bertz CT molecular complexity index is 436. The molecule has 2 amide bonds. The number of nitrogens with one attached hydrogen (secondary N) is 3. The van der Waals surface area contributed by atoms with Crippen LogP contribution in [0, 0.1) is 6.92 Å². The van der Waals surface area contributed by atoms with Gasteiger partial charge in [0.1, 0.15) is 0 Å². The van der Waals surface area contributed by atoms with E-state index in [1.54, 1.807) is 0 Å². The van der Waals surface area contributed by atoms with E-state index >= 15 is 0 Å². The third-order valence-corrected chi connectivity index (χ3v) is 4.05. The van der Waals surface area contributed by atoms with Gasteiger partial charge in [0.25, 0.3) is 0 Å². The summed E-state index contributed by atoms with van der Waals surface area (Å²) in [6.07, 6.45) is 5.59. The highest BCUT2D eigenvalue weighted by molar-refractivity contribution is 5.89. The van der Waals surface area contributed by atoms with Gasteiger partial charge < -0.3 is 16.0 Å². The van der Waals surface area contributed by atoms with Crippen LogP contribution >= 0.6 is 0 Å². The maximum absolute atomic E-state index is 12.0. The summed E-state index contributed by atoms with van der Waals surface area (Å²) in [5, 5.41) is 9.54. The van der Waals surface area contributed by atoms with Crippen molar-refractivity contribution < 1.29 is 4.79 Å². The lowest BCUT2D eigenvalue weighted by Gasteiger charge is -2.29. The van der Waals surface area contributed by atoms with Crippen molar-refractivity contribution in [3.63, 3.8) is 0 Å². The number of carbonyl (C=O) groups excluding carboxylic acids is 1. The Kier molecular flexibility index (Phi) is 6.05. The zero-order valence-electron chi connectivity index (χ0n) is 13.1. The molecule has 0 radical (unpaired) electrons. The molecule has 21 heavy (non-hydrogen) atoms. The number of amides is 2. The molecule has 0 spiro atoms. The molecule has 116 valence electrons. The van der Waals surface area contributed by atoms with Crippen molar-refractivity contribution in [1.82, 2.24) is 10.6 Å². The fourth-order valence-corrected chi connectivity index (χ4v) is 2.78. The maximum Gasteiger partial charge on any atom is 0.319 e. The second-order valence-electron chi connectivity index (χ2n) is 5.97. The number of benzene rings is 1. The summed E-state index contributed by atoms with van der Waals surface area (Å²) >= 11 is 0. The minimum absolute atomic E-state index is 0.0937. The summed E-state index contributed by atoms with van der Waals surface area (Å²) in [5.74, 6) is 0. The first-order chi connectivity index (χ1) is 10.2. The van der Waals surface area contributed by atoms with Crippen LogP contribution in [0.25, 0.3) is 0 Å². The predicted molar refractivity (Wildman–Crippen MR) is 87.7 cm³/mol. The molecule has 1 aliphatic carbocycles. The molecular formula is C17H27N3O. The lowest BCUT2D eigenvalue weighted by Crippen LogP contribution is -2.43. The molecule has 0 heterocycles. The van der Waals surface area contributed by atoms with Gasteiger partial charge in [0.15, 0.2) is 0 Å². The first-order valence-corrected chi connectivity index (χ1v) is 8.05. The molecule has 0 aliphatic heterocycles. The summed E-state index contributed by atoms with van der Waals surface area (Å²) < 4.78 is 0. The van der Waals surface area contributed by atoms with Crippen LogP contribution in [-0.4, -0.2) is 24.7 Å². The Morgan fingerprint density at radius 2 is 1.71 bits per heavy atom. The predicted octanol–water partition coefficient (Wildman–Crippen LogP) is 3.43. The molecule has 1 aromatic carbocycles. The molecule has 4 nitrogen and oxygen atoms in total. The third kappa shape index (κ3) is 5.38. The lowest BCUT2D eigenvalue weighted by atomic mass is 9.91. The van der Waals surface area contributed by atoms with Gasteiger partial charge in [-0.3, -0.25) is 0 Å². The Morgan fingerprint density at radius 3 is 2.33 bits per heavy atom. The highest BCUT2D eigenvalue weighted by atomic mass is 16.2. The Labute approximate surface area is 127 Å². The summed E-state index contributed by atoms with van der Waals surface area (Å²) in [7, 11) is 0. The minimum Gasteiger partial charge on any atom is -0.335 e. The number of carbonyl (C=O) groups is 1. The Morgan fingerprint density at radius 1 is 1.10 bits per heavy atom. The van der Waals surface area contributed by atoms with Crippen LogP contribution in [0.15, 0.2) is 24.3 Å². The molecule has 4 heteroatoms. The van der Waals surface area contributed by atoms with Crippen molar-refractivity contribution in [2.75, 3.05) is 11.9 Å². The molecule has 1 aromatic rings. The number of urea groups is 1. The van der Waals surface area contributed by atoms with Gasteiger partial charge in [-0.15, -0.1) is 0 Å². The summed E-state index contributed by atoms with van der Waals surface area (Å²) in [6.45, 7) is 5.32. The van der Waals surface area contributed by atoms with E-state index in [-0.39, 0.29) is 6.03 Å². The number of hydrogen-bond donors (Lipinski definition) is 3. The van der Waals surface area contributed by atoms with E-state index in [2.05, 4.69) is 22.9 Å². The fourth-order valence-electron chi connectivity index (χ4n) is 2.78. The Hall–Kier alpha value is -1.55. The van der Waals surface area contributed by atoms with Gasteiger partial charge in [-0.05, 0) is 57.7 Å². The second kappa shape index (κ2) is 8.03. The van der Waals surface area contributed by atoms with Crippen LogP contribution in [0.5, 0.6) is 0 Å². The van der Waals surface area contributed by atoms with Gasteiger partial charge in [-0.2, -0.15) is 0 Å². The van der Waals surface area contributed by atoms with Crippen LogP contribution in [0.1, 0.15) is 44.6 Å². The molecule has 0 saturated heterocycles. The Balaban J connectivity index is 1.70. The minimum atomic E-state index is -0.0937. The average Bonchev–Trinajstić information content (AvgIpc) is 2.49. The fraction of sp³-hybridized carbons (Fsp3) is 0.588. The van der Waals surface area contributed by atoms with Crippen molar-refractivity contribution >= 4 is 11.7 Å². The van der Waals surface area contributed by atoms with E-state index in [4.69, 9.17) is 0 Å². The van der Waals surface area contributed by atoms with Crippen molar-refractivity contribution in [3.05, 3.63) is 29.8 Å². The van der Waals surface area contributed by atoms with Gasteiger partial charge >= 0.3 is 6.03 Å². The molecule has 0 aromatic heterocycles. The van der Waals surface area contributed by atoms with Gasteiger partial charge in [0.05, 0.1) is 0 Å². The van der Waals surface area contributed by atoms with E-state index < -0.39 is 0 Å². The average molecular weight is 289 g/mol. The van der Waals surface area contributed by atoms with Crippen molar-refractivity contribution in [2.45, 2.75) is 58.0 Å². The van der Waals surface area contributed by atoms with Crippen molar-refractivity contribution in [2.24, 2.45) is 0 Å². The quantitative estimate of drug-likeness (QED) is 0.778. The van der Waals surface area contributed by atoms with E-state index in [0.717, 1.165) is 37.9 Å². The topological polar surface area (TPSA) is 53.2 Å². The normalized spacial score (nSPS) is 21.8. The highest BCUT2D eigenvalue weighted by Gasteiger charge is 2.21. The molecule has 3 N–H and O–H groups in total. The van der Waals surface area contributed by atoms with Crippen LogP contribution in [-0.2, 0) is 0 Å². The first-order valence-electron chi connectivity index (χ1n) is 8.05. The van der Waals surface area contributed by atoms with Crippen LogP contribution in [0.4, 0.5) is 10.5 Å². The lowest BCUT2D eigenvalue weighted by molar-refractivity contribution is 0.240. The van der Waals surface area contributed by atoms with E-state index in [9.17, 15) is 4.79 Å². The molecule has 2 rings (SSSR count). The van der Waals surface area contributed by atoms with Crippen molar-refractivity contribution in [3.8, 4) is 0 Å². The second-order valence-corrected chi connectivity index (χ2v) is 5.97. The molecule has 0 unspecified atom stereocenters. The number of aryl methyl sites for hydroxylation is 1. The first kappa shape index (κ1) is 15.8. The molecule has 1 saturated carbocycles. The molecule has 1 aliphatic rings. The summed E-state index contributed by atoms with van der Waals surface area (Å²) in [4.78, 5) is 12.0. The monoisotopic (exact) mass is 289 g/mol. The zero-order chi connectivity index (χ0) is 15.1. The van der Waals surface area contributed by atoms with Gasteiger partial charge in [-0.1, -0.05) is 24.6 Å². The SMILES string of the molecule is CCCNC1CCC(NC(=O)Nc2ccc(C)cc2)CC1. The molecular weight excluding hydrogens is 262 g/mol. The van der Waals surface area contributed by atoms with E-state index in [1.807, 2.05) is 31.2 Å². The number of anilines is 1. The zero-order valence-corrected chi connectivity index (χ0v) is 13.1. The number of hydrogen-bond acceptors (Lipinski definition) is 2. The largest absolute Gasteiger partial charge is 0.335 e.